The molecule has 0 amide bonds. The minimum Gasteiger partial charge on any atom is -0.481 e. The maximum atomic E-state index is 11.8. The first-order valence-corrected chi connectivity index (χ1v) is 6.36. The van der Waals surface area contributed by atoms with E-state index in [0.717, 1.165) is 0 Å². The number of thiol groups is 1. The van der Waals surface area contributed by atoms with Gasteiger partial charge in [-0.1, -0.05) is 0 Å². The first-order chi connectivity index (χ1) is 7.70. The molecule has 1 N–H and O–H groups in total. The van der Waals surface area contributed by atoms with Crippen molar-refractivity contribution in [1.82, 2.24) is 0 Å². The lowest BCUT2D eigenvalue weighted by Gasteiger charge is -2.31. The van der Waals surface area contributed by atoms with Crippen LogP contribution in [-0.2, 0) is 14.3 Å². The Morgan fingerprint density at radius 2 is 1.88 bits per heavy atom. The van der Waals surface area contributed by atoms with Gasteiger partial charge in [0.25, 0.3) is 0 Å². The molecule has 1 saturated carbocycles. The number of esters is 1. The number of carboxylic acid groups (broad SMARTS) is 1. The van der Waals surface area contributed by atoms with Gasteiger partial charge in [-0.25, -0.2) is 0 Å². The van der Waals surface area contributed by atoms with Crippen molar-refractivity contribution in [2.24, 2.45) is 11.8 Å². The minimum atomic E-state index is -0.877. The molecule has 0 saturated heterocycles. The smallest absolute Gasteiger partial charge is 0.309 e. The van der Waals surface area contributed by atoms with E-state index >= 15 is 0 Å². The maximum absolute atomic E-state index is 11.8. The molecule has 3 atom stereocenters. The topological polar surface area (TPSA) is 63.6 Å². The molecule has 1 aliphatic carbocycles. The fourth-order valence-corrected chi connectivity index (χ4v) is 2.42. The van der Waals surface area contributed by atoms with E-state index in [4.69, 9.17) is 9.84 Å². The zero-order valence-corrected chi connectivity index (χ0v) is 11.4. The van der Waals surface area contributed by atoms with Crippen molar-refractivity contribution < 1.29 is 19.4 Å². The Bertz CT molecular complexity index is 308. The molecule has 0 aliphatic heterocycles. The van der Waals surface area contributed by atoms with Gasteiger partial charge in [0.15, 0.2) is 0 Å². The van der Waals surface area contributed by atoms with E-state index in [9.17, 15) is 9.59 Å². The van der Waals surface area contributed by atoms with Crippen LogP contribution in [0.1, 0.15) is 40.0 Å². The maximum Gasteiger partial charge on any atom is 0.309 e. The lowest BCUT2D eigenvalue weighted by atomic mass is 9.81. The van der Waals surface area contributed by atoms with Gasteiger partial charge in [-0.3, -0.25) is 9.59 Å². The highest BCUT2D eigenvalue weighted by Crippen LogP contribution is 2.34. The second-order valence-corrected chi connectivity index (χ2v) is 6.22. The lowest BCUT2D eigenvalue weighted by Crippen LogP contribution is -2.37. The van der Waals surface area contributed by atoms with Crippen LogP contribution in [0.5, 0.6) is 0 Å². The van der Waals surface area contributed by atoms with Gasteiger partial charge in [0.05, 0.1) is 11.8 Å². The number of carbonyl (C=O) groups excluding carboxylic acids is 1. The molecule has 0 aromatic heterocycles. The summed E-state index contributed by atoms with van der Waals surface area (Å²) < 4.78 is 5.28. The van der Waals surface area contributed by atoms with Gasteiger partial charge in [0.2, 0.25) is 0 Å². The van der Waals surface area contributed by atoms with Crippen LogP contribution in [-0.4, -0.2) is 27.9 Å². The number of carbonyl (C=O) groups is 2. The normalized spacial score (nSPS) is 29.8. The third-order valence-corrected chi connectivity index (χ3v) is 3.49. The van der Waals surface area contributed by atoms with Crippen molar-refractivity contribution in [3.8, 4) is 0 Å². The fraction of sp³-hybridized carbons (Fsp3) is 0.833. The molecule has 0 heterocycles. The predicted molar refractivity (Wildman–Crippen MR) is 67.1 cm³/mol. The Morgan fingerprint density at radius 1 is 1.29 bits per heavy atom. The Labute approximate surface area is 107 Å². The minimum absolute atomic E-state index is 0.161. The Balaban J connectivity index is 2.62. The standard InChI is InChI=1S/C12H20O4S/c1-12(2,3)16-11(15)7-4-5-9(17)8(6-7)10(13)14/h7-9,17H,4-6H2,1-3H3,(H,13,14). The van der Waals surface area contributed by atoms with Crippen LogP contribution in [0.15, 0.2) is 0 Å². The SMILES string of the molecule is CC(C)(C)OC(=O)C1CCC(S)C(C(=O)O)C1. The Morgan fingerprint density at radius 3 is 2.35 bits per heavy atom. The van der Waals surface area contributed by atoms with Gasteiger partial charge in [-0.15, -0.1) is 0 Å². The van der Waals surface area contributed by atoms with Gasteiger partial charge in [-0.05, 0) is 40.0 Å². The highest BCUT2D eigenvalue weighted by atomic mass is 32.1. The molecule has 0 radical (unpaired) electrons. The molecule has 0 spiro atoms. The van der Waals surface area contributed by atoms with E-state index in [-0.39, 0.29) is 17.1 Å². The summed E-state index contributed by atoms with van der Waals surface area (Å²) in [4.78, 5) is 22.9. The number of aliphatic carboxylic acids is 1. The van der Waals surface area contributed by atoms with Crippen LogP contribution >= 0.6 is 12.6 Å². The van der Waals surface area contributed by atoms with Crippen LogP contribution in [0.2, 0.25) is 0 Å². The summed E-state index contributed by atoms with van der Waals surface area (Å²) in [5, 5.41) is 8.88. The second kappa shape index (κ2) is 5.29. The van der Waals surface area contributed by atoms with E-state index < -0.39 is 17.5 Å². The van der Waals surface area contributed by atoms with Crippen LogP contribution in [0, 0.1) is 11.8 Å². The lowest BCUT2D eigenvalue weighted by molar-refractivity contribution is -0.162. The predicted octanol–water partition coefficient (Wildman–Crippen LogP) is 2.13. The molecular formula is C12H20O4S. The van der Waals surface area contributed by atoms with Crippen LogP contribution in [0.25, 0.3) is 0 Å². The third-order valence-electron chi connectivity index (χ3n) is 2.87. The highest BCUT2D eigenvalue weighted by Gasteiger charge is 2.37. The number of ether oxygens (including phenoxy) is 1. The average molecular weight is 260 g/mol. The number of hydrogen-bond donors (Lipinski definition) is 2. The molecule has 4 nitrogen and oxygen atoms in total. The second-order valence-electron chi connectivity index (χ2n) is 5.56. The Kier molecular flexibility index (Phi) is 4.47. The Hall–Kier alpha value is -0.710. The van der Waals surface area contributed by atoms with Crippen LogP contribution < -0.4 is 0 Å². The van der Waals surface area contributed by atoms with Crippen molar-refractivity contribution >= 4 is 24.6 Å². The molecule has 98 valence electrons. The molecule has 1 aliphatic rings. The van der Waals surface area contributed by atoms with E-state index in [2.05, 4.69) is 12.6 Å². The first kappa shape index (κ1) is 14.4. The van der Waals surface area contributed by atoms with Crippen molar-refractivity contribution in [2.45, 2.75) is 50.9 Å². The molecule has 1 rings (SSSR count). The van der Waals surface area contributed by atoms with Crippen molar-refractivity contribution in [2.75, 3.05) is 0 Å². The van der Waals surface area contributed by atoms with E-state index in [1.807, 2.05) is 20.8 Å². The molecule has 1 fully saturated rings. The molecule has 17 heavy (non-hydrogen) atoms. The number of rotatable bonds is 2. The summed E-state index contributed by atoms with van der Waals surface area (Å²) in [6.45, 7) is 5.43. The largest absolute Gasteiger partial charge is 0.481 e. The summed E-state index contributed by atoms with van der Waals surface area (Å²) in [5.41, 5.74) is -0.520. The third kappa shape index (κ3) is 4.22. The first-order valence-electron chi connectivity index (χ1n) is 5.84. The van der Waals surface area contributed by atoms with E-state index in [1.165, 1.54) is 0 Å². The summed E-state index contributed by atoms with van der Waals surface area (Å²) >= 11 is 4.26. The zero-order valence-electron chi connectivity index (χ0n) is 10.5. The molecule has 5 heteroatoms. The summed E-state index contributed by atoms with van der Waals surface area (Å²) in [6, 6.07) is 0. The summed E-state index contributed by atoms with van der Waals surface area (Å²) in [6.07, 6.45) is 1.63. The number of carboxylic acids is 1. The van der Waals surface area contributed by atoms with Gasteiger partial charge >= 0.3 is 11.9 Å². The molecule has 3 unspecified atom stereocenters. The monoisotopic (exact) mass is 260 g/mol. The van der Waals surface area contributed by atoms with Gasteiger partial charge in [0.1, 0.15) is 5.60 Å². The molecule has 0 bridgehead atoms. The molecular weight excluding hydrogens is 240 g/mol. The van der Waals surface area contributed by atoms with Gasteiger partial charge in [-0.2, -0.15) is 12.6 Å². The van der Waals surface area contributed by atoms with E-state index in [1.54, 1.807) is 0 Å². The van der Waals surface area contributed by atoms with Gasteiger partial charge < -0.3 is 9.84 Å². The summed E-state index contributed by atoms with van der Waals surface area (Å²) in [7, 11) is 0. The van der Waals surface area contributed by atoms with Crippen LogP contribution in [0.3, 0.4) is 0 Å². The van der Waals surface area contributed by atoms with E-state index in [0.29, 0.717) is 19.3 Å². The van der Waals surface area contributed by atoms with Crippen molar-refractivity contribution in [1.29, 1.82) is 0 Å². The van der Waals surface area contributed by atoms with Crippen molar-refractivity contribution in [3.63, 3.8) is 0 Å². The quantitative estimate of drug-likeness (QED) is 0.589. The fourth-order valence-electron chi connectivity index (χ4n) is 2.02. The van der Waals surface area contributed by atoms with Crippen LogP contribution in [0.4, 0.5) is 0 Å². The number of hydrogen-bond acceptors (Lipinski definition) is 4. The van der Waals surface area contributed by atoms with Crippen molar-refractivity contribution in [3.05, 3.63) is 0 Å². The molecule has 0 aromatic rings. The zero-order chi connectivity index (χ0) is 13.2. The molecule has 0 aromatic carbocycles. The average Bonchev–Trinajstić information content (AvgIpc) is 2.14. The summed E-state index contributed by atoms with van der Waals surface area (Å²) in [5.74, 6) is -2.02. The van der Waals surface area contributed by atoms with Gasteiger partial charge in [0, 0.05) is 5.25 Å². The highest BCUT2D eigenvalue weighted by molar-refractivity contribution is 7.81.